The molecule has 0 radical (unpaired) electrons. The number of ether oxygens (including phenoxy) is 1. The minimum atomic E-state index is 0.341. The quantitative estimate of drug-likeness (QED) is 0.594. The maximum Gasteiger partial charge on any atom is 0.207 e. The van der Waals surface area contributed by atoms with Crippen LogP contribution in [0.3, 0.4) is 0 Å². The molecular formula is C16H15N7O. The van der Waals surface area contributed by atoms with Crippen LogP contribution in [0.5, 0.6) is 5.75 Å². The van der Waals surface area contributed by atoms with Gasteiger partial charge in [-0.15, -0.1) is 5.10 Å². The van der Waals surface area contributed by atoms with E-state index in [-0.39, 0.29) is 0 Å². The standard InChI is InChI=1S/C16H15N7O/c1-23-6-5-12(21-23)11-4-2-3-10(7-11)9-24-13-8-14(17)18-16-15(13)19-22-20-16/h2-8H,9H2,1H3,(H3,17,18,19,20,22). The second-order valence-corrected chi connectivity index (χ2v) is 5.40. The first-order chi connectivity index (χ1) is 11.7. The predicted octanol–water partition coefficient (Wildman–Crippen LogP) is 1.91. The van der Waals surface area contributed by atoms with Gasteiger partial charge in [0, 0.05) is 24.9 Å². The lowest BCUT2D eigenvalue weighted by Crippen LogP contribution is -1.99. The molecule has 24 heavy (non-hydrogen) atoms. The van der Waals surface area contributed by atoms with Gasteiger partial charge >= 0.3 is 0 Å². The van der Waals surface area contributed by atoms with Gasteiger partial charge in [0.25, 0.3) is 0 Å². The van der Waals surface area contributed by atoms with Crippen LogP contribution in [-0.2, 0) is 13.7 Å². The van der Waals surface area contributed by atoms with Gasteiger partial charge in [0.05, 0.1) is 5.69 Å². The van der Waals surface area contributed by atoms with Crippen LogP contribution in [0.2, 0.25) is 0 Å². The topological polar surface area (TPSA) is 108 Å². The fourth-order valence-electron chi connectivity index (χ4n) is 2.49. The number of rotatable bonds is 4. The molecule has 0 aliphatic heterocycles. The Labute approximate surface area is 137 Å². The second kappa shape index (κ2) is 5.65. The average molecular weight is 321 g/mol. The van der Waals surface area contributed by atoms with E-state index in [0.29, 0.717) is 29.3 Å². The molecule has 8 heteroatoms. The number of nitrogens with one attached hydrogen (secondary N) is 1. The van der Waals surface area contributed by atoms with Crippen LogP contribution in [-0.4, -0.2) is 30.2 Å². The van der Waals surface area contributed by atoms with Crippen molar-refractivity contribution < 1.29 is 4.74 Å². The summed E-state index contributed by atoms with van der Waals surface area (Å²) in [6.45, 7) is 0.381. The van der Waals surface area contributed by atoms with Crippen LogP contribution >= 0.6 is 0 Å². The van der Waals surface area contributed by atoms with E-state index >= 15 is 0 Å². The van der Waals surface area contributed by atoms with Gasteiger partial charge in [-0.2, -0.15) is 15.4 Å². The molecule has 0 aliphatic rings. The van der Waals surface area contributed by atoms with Crippen LogP contribution in [0.1, 0.15) is 5.56 Å². The number of hydrogen-bond donors (Lipinski definition) is 2. The van der Waals surface area contributed by atoms with Gasteiger partial charge in [0.15, 0.2) is 11.3 Å². The van der Waals surface area contributed by atoms with Gasteiger partial charge in [-0.1, -0.05) is 18.2 Å². The molecule has 0 bridgehead atoms. The van der Waals surface area contributed by atoms with E-state index in [4.69, 9.17) is 10.5 Å². The number of aromatic nitrogens is 6. The van der Waals surface area contributed by atoms with E-state index in [1.165, 1.54) is 0 Å². The maximum absolute atomic E-state index is 5.87. The monoisotopic (exact) mass is 321 g/mol. The first-order valence-electron chi connectivity index (χ1n) is 7.38. The van der Waals surface area contributed by atoms with Crippen LogP contribution in [0.15, 0.2) is 42.6 Å². The molecular weight excluding hydrogens is 306 g/mol. The van der Waals surface area contributed by atoms with Gasteiger partial charge < -0.3 is 10.5 Å². The largest absolute Gasteiger partial charge is 0.486 e. The summed E-state index contributed by atoms with van der Waals surface area (Å²) < 4.78 is 7.65. The third-order valence-corrected chi connectivity index (χ3v) is 3.61. The van der Waals surface area contributed by atoms with E-state index in [1.807, 2.05) is 43.6 Å². The molecule has 0 amide bonds. The Morgan fingerprint density at radius 3 is 2.96 bits per heavy atom. The molecule has 0 saturated heterocycles. The minimum Gasteiger partial charge on any atom is -0.486 e. The summed E-state index contributed by atoms with van der Waals surface area (Å²) in [5.41, 5.74) is 9.75. The highest BCUT2D eigenvalue weighted by molar-refractivity contribution is 5.78. The maximum atomic E-state index is 5.87. The number of fused-ring (bicyclic) bond motifs is 1. The van der Waals surface area contributed by atoms with Gasteiger partial charge in [-0.25, -0.2) is 4.98 Å². The minimum absolute atomic E-state index is 0.341. The molecule has 0 atom stereocenters. The number of pyridine rings is 1. The predicted molar refractivity (Wildman–Crippen MR) is 89.1 cm³/mol. The van der Waals surface area contributed by atoms with Crippen LogP contribution in [0.25, 0.3) is 22.4 Å². The SMILES string of the molecule is Cn1ccc(-c2cccc(COc3cc(N)nc4n[nH]nc34)c2)n1. The summed E-state index contributed by atoms with van der Waals surface area (Å²) in [5, 5.41) is 14.9. The van der Waals surface area contributed by atoms with E-state index in [2.05, 4.69) is 25.5 Å². The summed E-state index contributed by atoms with van der Waals surface area (Å²) in [4.78, 5) is 4.09. The zero-order chi connectivity index (χ0) is 16.5. The number of aromatic amines is 1. The van der Waals surface area contributed by atoms with Crippen molar-refractivity contribution in [2.75, 3.05) is 5.73 Å². The Bertz CT molecular complexity index is 1000. The highest BCUT2D eigenvalue weighted by Gasteiger charge is 2.10. The van der Waals surface area contributed by atoms with Crippen molar-refractivity contribution in [1.29, 1.82) is 0 Å². The molecule has 0 saturated carbocycles. The van der Waals surface area contributed by atoms with Crippen molar-refractivity contribution in [3.05, 3.63) is 48.2 Å². The lowest BCUT2D eigenvalue weighted by Gasteiger charge is -2.08. The highest BCUT2D eigenvalue weighted by atomic mass is 16.5. The lowest BCUT2D eigenvalue weighted by molar-refractivity contribution is 0.309. The van der Waals surface area contributed by atoms with Crippen molar-refractivity contribution in [2.45, 2.75) is 6.61 Å². The molecule has 3 aromatic heterocycles. The number of nitrogens with zero attached hydrogens (tertiary/aromatic N) is 5. The molecule has 3 N–H and O–H groups in total. The van der Waals surface area contributed by atoms with Gasteiger partial charge in [-0.05, 0) is 17.7 Å². The Kier molecular flexibility index (Phi) is 3.34. The summed E-state index contributed by atoms with van der Waals surface area (Å²) in [7, 11) is 1.90. The number of benzene rings is 1. The summed E-state index contributed by atoms with van der Waals surface area (Å²) in [6.07, 6.45) is 1.92. The highest BCUT2D eigenvalue weighted by Crippen LogP contribution is 2.25. The third-order valence-electron chi connectivity index (χ3n) is 3.61. The average Bonchev–Trinajstić information content (AvgIpc) is 3.21. The first kappa shape index (κ1) is 14.2. The van der Waals surface area contributed by atoms with Crippen LogP contribution < -0.4 is 10.5 Å². The van der Waals surface area contributed by atoms with Crippen molar-refractivity contribution in [3.63, 3.8) is 0 Å². The number of aryl methyl sites for hydroxylation is 1. The van der Waals surface area contributed by atoms with E-state index < -0.39 is 0 Å². The van der Waals surface area contributed by atoms with Crippen molar-refractivity contribution in [1.82, 2.24) is 30.2 Å². The summed E-state index contributed by atoms with van der Waals surface area (Å²) in [6, 6.07) is 11.7. The van der Waals surface area contributed by atoms with Crippen molar-refractivity contribution in [3.8, 4) is 17.0 Å². The van der Waals surface area contributed by atoms with Crippen LogP contribution in [0, 0.1) is 0 Å². The Morgan fingerprint density at radius 1 is 1.21 bits per heavy atom. The van der Waals surface area contributed by atoms with E-state index in [0.717, 1.165) is 16.8 Å². The molecule has 120 valence electrons. The number of hydrogen-bond acceptors (Lipinski definition) is 6. The second-order valence-electron chi connectivity index (χ2n) is 5.40. The smallest absolute Gasteiger partial charge is 0.207 e. The lowest BCUT2D eigenvalue weighted by atomic mass is 10.1. The third kappa shape index (κ3) is 2.65. The van der Waals surface area contributed by atoms with E-state index in [9.17, 15) is 0 Å². The number of nitrogen functional groups attached to an aromatic ring is 1. The van der Waals surface area contributed by atoms with Crippen molar-refractivity contribution in [2.24, 2.45) is 7.05 Å². The fourth-order valence-corrected chi connectivity index (χ4v) is 2.49. The Balaban J connectivity index is 1.58. The molecule has 0 unspecified atom stereocenters. The van der Waals surface area contributed by atoms with Gasteiger partial charge in [-0.3, -0.25) is 4.68 Å². The molecule has 0 fully saturated rings. The Morgan fingerprint density at radius 2 is 2.12 bits per heavy atom. The molecule has 0 spiro atoms. The summed E-state index contributed by atoms with van der Waals surface area (Å²) in [5.74, 6) is 0.892. The van der Waals surface area contributed by atoms with E-state index in [1.54, 1.807) is 10.7 Å². The fraction of sp³-hybridized carbons (Fsp3) is 0.125. The molecule has 3 heterocycles. The number of nitrogens with two attached hydrogens (primary N) is 1. The number of H-pyrrole nitrogens is 1. The zero-order valence-corrected chi connectivity index (χ0v) is 13.0. The molecule has 4 aromatic rings. The van der Waals surface area contributed by atoms with Gasteiger partial charge in [0.2, 0.25) is 5.65 Å². The Hall–Kier alpha value is -3.42. The zero-order valence-electron chi connectivity index (χ0n) is 13.0. The number of anilines is 1. The molecule has 4 rings (SSSR count). The normalized spacial score (nSPS) is 11.0. The summed E-state index contributed by atoms with van der Waals surface area (Å²) >= 11 is 0. The van der Waals surface area contributed by atoms with Crippen LogP contribution in [0.4, 0.5) is 5.82 Å². The van der Waals surface area contributed by atoms with Gasteiger partial charge in [0.1, 0.15) is 12.4 Å². The molecule has 0 aliphatic carbocycles. The molecule has 8 nitrogen and oxygen atoms in total. The van der Waals surface area contributed by atoms with Crippen molar-refractivity contribution >= 4 is 17.0 Å². The molecule has 1 aromatic carbocycles. The first-order valence-corrected chi connectivity index (χ1v) is 7.38.